The average molecular weight is 714 g/mol. The second-order valence-electron chi connectivity index (χ2n) is 12.3. The van der Waals surface area contributed by atoms with E-state index in [4.69, 9.17) is 29.8 Å². The molecule has 0 aliphatic carbocycles. The highest BCUT2D eigenvalue weighted by Crippen LogP contribution is 2.39. The van der Waals surface area contributed by atoms with Gasteiger partial charge < -0.3 is 40.4 Å². The molecule has 2 amide bonds. The molecule has 3 aromatic carbocycles. The minimum absolute atomic E-state index is 0.0448. The van der Waals surface area contributed by atoms with Crippen molar-refractivity contribution in [2.24, 2.45) is 13.0 Å². The van der Waals surface area contributed by atoms with Crippen molar-refractivity contribution in [2.45, 2.75) is 39.0 Å². The van der Waals surface area contributed by atoms with Gasteiger partial charge >= 0.3 is 0 Å². The molecule has 1 aliphatic heterocycles. The molecule has 0 spiro atoms. The van der Waals surface area contributed by atoms with E-state index >= 15 is 0 Å². The van der Waals surface area contributed by atoms with E-state index in [1.54, 1.807) is 59.3 Å². The number of nitrogens with one attached hydrogen (secondary N) is 2. The largest absolute Gasteiger partial charge is 0.459 e. The lowest BCUT2D eigenvalue weighted by Crippen LogP contribution is -2.40. The van der Waals surface area contributed by atoms with Crippen LogP contribution in [0.2, 0.25) is 0 Å². The Morgan fingerprint density at radius 1 is 0.923 bits per heavy atom. The Labute approximate surface area is 302 Å². The van der Waals surface area contributed by atoms with Gasteiger partial charge in [0.25, 0.3) is 17.4 Å². The number of carbonyl (C=O) groups excluding carboxylic acids is 2. The number of hydrogen-bond acceptors (Lipinski definition) is 9. The molecule has 0 unspecified atom stereocenters. The first-order valence-corrected chi connectivity index (χ1v) is 17.4. The van der Waals surface area contributed by atoms with Crippen LogP contribution < -0.4 is 21.9 Å². The number of aliphatic hydroxyl groups is 1. The smallest absolute Gasteiger partial charge is 0.286 e. The summed E-state index contributed by atoms with van der Waals surface area (Å²) < 4.78 is 26.9. The van der Waals surface area contributed by atoms with Crippen molar-refractivity contribution in [1.29, 1.82) is 0 Å². The summed E-state index contributed by atoms with van der Waals surface area (Å²) in [5.41, 5.74) is 9.94. The van der Waals surface area contributed by atoms with Crippen LogP contribution in [0.4, 0.5) is 11.4 Å². The molecule has 0 radical (unpaired) electrons. The zero-order chi connectivity index (χ0) is 37.0. The summed E-state index contributed by atoms with van der Waals surface area (Å²) in [7, 11) is 1.83. The Morgan fingerprint density at radius 3 is 2.31 bits per heavy atom. The number of aliphatic hydroxyl groups excluding tert-OH is 1. The van der Waals surface area contributed by atoms with Gasteiger partial charge in [0.15, 0.2) is 5.76 Å². The van der Waals surface area contributed by atoms with Crippen LogP contribution in [0.5, 0.6) is 0 Å². The molecule has 4 aromatic rings. The van der Waals surface area contributed by atoms with Crippen molar-refractivity contribution >= 4 is 23.2 Å². The summed E-state index contributed by atoms with van der Waals surface area (Å²) in [4.78, 5) is 40.7. The lowest BCUT2D eigenvalue weighted by atomic mass is 9.81. The first-order chi connectivity index (χ1) is 25.2. The second-order valence-corrected chi connectivity index (χ2v) is 12.3. The van der Waals surface area contributed by atoms with Crippen molar-refractivity contribution in [3.05, 3.63) is 123 Å². The van der Waals surface area contributed by atoms with Crippen molar-refractivity contribution < 1.29 is 33.6 Å². The number of nitrogen functional groups attached to an aromatic ring is 1. The van der Waals surface area contributed by atoms with Crippen molar-refractivity contribution in [1.82, 2.24) is 14.7 Å². The quantitative estimate of drug-likeness (QED) is 0.0933. The Bertz CT molecular complexity index is 1890. The van der Waals surface area contributed by atoms with E-state index in [9.17, 15) is 14.4 Å². The molecule has 52 heavy (non-hydrogen) atoms. The maximum atomic E-state index is 14.2. The minimum Gasteiger partial charge on any atom is -0.459 e. The molecule has 0 saturated carbocycles. The third kappa shape index (κ3) is 9.17. The predicted molar refractivity (Wildman–Crippen MR) is 197 cm³/mol. The summed E-state index contributed by atoms with van der Waals surface area (Å²) in [6.45, 7) is 5.39. The third-order valence-corrected chi connectivity index (χ3v) is 8.95. The number of aromatic nitrogens is 2. The van der Waals surface area contributed by atoms with Crippen LogP contribution in [-0.2, 0) is 37.3 Å². The molecule has 2 heterocycles. The average Bonchev–Trinajstić information content (AvgIpc) is 3.38. The van der Waals surface area contributed by atoms with E-state index in [0.717, 1.165) is 16.9 Å². The van der Waals surface area contributed by atoms with Crippen LogP contribution in [0.25, 0.3) is 5.69 Å². The van der Waals surface area contributed by atoms with Gasteiger partial charge in [0.05, 0.1) is 43.5 Å². The van der Waals surface area contributed by atoms with E-state index in [2.05, 4.69) is 10.6 Å². The lowest BCUT2D eigenvalue weighted by molar-refractivity contribution is -0.168. The zero-order valence-electron chi connectivity index (χ0n) is 29.7. The maximum Gasteiger partial charge on any atom is 0.286 e. The van der Waals surface area contributed by atoms with E-state index < -0.39 is 18.1 Å². The number of rotatable bonds is 17. The highest BCUT2D eigenvalue weighted by Gasteiger charge is 2.41. The number of allylic oxidation sites excluding steroid dienone is 1. The molecular formula is C39H47N5O8. The normalized spacial score (nSPS) is 16.9. The highest BCUT2D eigenvalue weighted by atomic mass is 16.7. The Balaban J connectivity index is 1.37. The van der Waals surface area contributed by atoms with Gasteiger partial charge in [-0.25, -0.2) is 4.68 Å². The topological polar surface area (TPSA) is 168 Å². The van der Waals surface area contributed by atoms with Crippen LogP contribution in [0.1, 0.15) is 46.4 Å². The zero-order valence-corrected chi connectivity index (χ0v) is 29.7. The van der Waals surface area contributed by atoms with Crippen molar-refractivity contribution in [3.63, 3.8) is 0 Å². The predicted octanol–water partition coefficient (Wildman–Crippen LogP) is 4.03. The number of para-hydroxylation sites is 3. The summed E-state index contributed by atoms with van der Waals surface area (Å²) >= 11 is 0. The molecule has 13 nitrogen and oxygen atoms in total. The first-order valence-electron chi connectivity index (χ1n) is 17.4. The van der Waals surface area contributed by atoms with Gasteiger partial charge in [0.2, 0.25) is 6.29 Å². The molecule has 1 aliphatic rings. The standard InChI is InChI=1S/C39H47N5O8/c1-4-51-39-30(18-20-49-22-23-50-21-19-45)31(35-26(2)43(3)44(38(35)48)29-10-6-5-7-11-29)24-34(52-39)37(47)41-25-27-14-16-28(17-15-27)36(46)42-33-13-9-8-12-32(33)40/h5-17,24,30-31,39,45H,4,18-23,25,40H2,1-3H3,(H,41,47)(H,42,46)/t30-,31+,39-/m1/s1. The van der Waals surface area contributed by atoms with Gasteiger partial charge in [-0.1, -0.05) is 42.5 Å². The molecule has 276 valence electrons. The fourth-order valence-electron chi connectivity index (χ4n) is 6.20. The van der Waals surface area contributed by atoms with Crippen molar-refractivity contribution in [3.8, 4) is 5.69 Å². The van der Waals surface area contributed by atoms with Gasteiger partial charge in [-0.05, 0) is 68.3 Å². The third-order valence-electron chi connectivity index (χ3n) is 8.95. The van der Waals surface area contributed by atoms with E-state index in [1.165, 1.54) is 0 Å². The molecule has 0 saturated heterocycles. The van der Waals surface area contributed by atoms with E-state index in [0.29, 0.717) is 55.4 Å². The Morgan fingerprint density at radius 2 is 1.62 bits per heavy atom. The molecule has 13 heteroatoms. The van der Waals surface area contributed by atoms with Crippen LogP contribution >= 0.6 is 0 Å². The van der Waals surface area contributed by atoms with Gasteiger partial charge in [-0.15, -0.1) is 0 Å². The molecule has 5 N–H and O–H groups in total. The molecule has 3 atom stereocenters. The molecule has 0 bridgehead atoms. The van der Waals surface area contributed by atoms with Gasteiger partial charge in [0.1, 0.15) is 0 Å². The number of benzene rings is 3. The second kappa shape index (κ2) is 18.3. The molecule has 5 rings (SSSR count). The number of nitrogens with zero attached hydrogens (tertiary/aromatic N) is 2. The number of amides is 2. The van der Waals surface area contributed by atoms with Crippen molar-refractivity contribution in [2.75, 3.05) is 50.7 Å². The number of carbonyl (C=O) groups is 2. The summed E-state index contributed by atoms with van der Waals surface area (Å²) in [5, 5.41) is 14.7. The Kier molecular flexibility index (Phi) is 13.4. The van der Waals surface area contributed by atoms with Gasteiger partial charge in [-0.2, -0.15) is 0 Å². The number of hydrogen-bond donors (Lipinski definition) is 4. The Hall–Kier alpha value is -5.21. The molecule has 1 aromatic heterocycles. The van der Waals surface area contributed by atoms with E-state index in [-0.39, 0.29) is 42.9 Å². The minimum atomic E-state index is -0.837. The number of anilines is 2. The van der Waals surface area contributed by atoms with Crippen LogP contribution in [-0.4, -0.2) is 72.2 Å². The summed E-state index contributed by atoms with van der Waals surface area (Å²) in [6, 6.07) is 23.3. The van der Waals surface area contributed by atoms with Gasteiger partial charge in [-0.3, -0.25) is 19.1 Å². The van der Waals surface area contributed by atoms with Gasteiger partial charge in [0, 0.05) is 55.5 Å². The number of nitrogens with two attached hydrogens (primary N) is 1. The fraction of sp³-hybridized carbons (Fsp3) is 0.359. The molecule has 0 fully saturated rings. The first kappa shape index (κ1) is 38.0. The van der Waals surface area contributed by atoms with Crippen LogP contribution in [0, 0.1) is 12.8 Å². The number of ether oxygens (including phenoxy) is 4. The highest BCUT2D eigenvalue weighted by molar-refractivity contribution is 6.05. The summed E-state index contributed by atoms with van der Waals surface area (Å²) in [6.07, 6.45) is 1.34. The van der Waals surface area contributed by atoms with Crippen LogP contribution in [0.3, 0.4) is 0 Å². The SMILES string of the molecule is CCO[C@@H]1OC(C(=O)NCc2ccc(C(=O)Nc3ccccc3N)cc2)=C[C@H](c2c(C)n(C)n(-c3ccccc3)c2=O)[C@H]1CCOCCOCCO. The van der Waals surface area contributed by atoms with E-state index in [1.807, 2.05) is 55.9 Å². The summed E-state index contributed by atoms with van der Waals surface area (Å²) in [5.74, 6) is -1.63. The fourth-order valence-corrected chi connectivity index (χ4v) is 6.20. The monoisotopic (exact) mass is 713 g/mol. The maximum absolute atomic E-state index is 14.2. The lowest BCUT2D eigenvalue weighted by Gasteiger charge is -2.36. The molecular weight excluding hydrogens is 666 g/mol. The van der Waals surface area contributed by atoms with Crippen LogP contribution in [0.15, 0.2) is 95.5 Å².